The summed E-state index contributed by atoms with van der Waals surface area (Å²) in [6.45, 7) is 2.00. The summed E-state index contributed by atoms with van der Waals surface area (Å²) in [4.78, 5) is 4.13. The average molecular weight is 238 g/mol. The van der Waals surface area contributed by atoms with Crippen LogP contribution in [0.5, 0.6) is 0 Å². The van der Waals surface area contributed by atoms with Crippen molar-refractivity contribution >= 4 is 23.2 Å². The van der Waals surface area contributed by atoms with Crippen molar-refractivity contribution in [2.75, 3.05) is 0 Å². The molecule has 0 atom stereocenters. The summed E-state index contributed by atoms with van der Waals surface area (Å²) in [7, 11) is 0. The van der Waals surface area contributed by atoms with Crippen LogP contribution < -0.4 is 0 Å². The molecule has 0 unspecified atom stereocenters. The highest BCUT2D eigenvalue weighted by molar-refractivity contribution is 6.36. The van der Waals surface area contributed by atoms with Crippen molar-refractivity contribution in [3.63, 3.8) is 0 Å². The molecule has 0 amide bonds. The SMILES string of the molecule is Cc1cncc(-c2ccc(Cl)cc2Cl)c1. The van der Waals surface area contributed by atoms with E-state index in [4.69, 9.17) is 23.2 Å². The fraction of sp³-hybridized carbons (Fsp3) is 0.0833. The van der Waals surface area contributed by atoms with Gasteiger partial charge in [-0.25, -0.2) is 0 Å². The van der Waals surface area contributed by atoms with Crippen LogP contribution >= 0.6 is 23.2 Å². The molecule has 2 aromatic rings. The van der Waals surface area contributed by atoms with Crippen LogP contribution in [0.15, 0.2) is 36.7 Å². The number of hydrogen-bond acceptors (Lipinski definition) is 1. The fourth-order valence-corrected chi connectivity index (χ4v) is 1.94. The van der Waals surface area contributed by atoms with E-state index in [1.807, 2.05) is 31.3 Å². The van der Waals surface area contributed by atoms with Crippen LogP contribution in [-0.2, 0) is 0 Å². The molecule has 0 saturated heterocycles. The van der Waals surface area contributed by atoms with Crippen molar-refractivity contribution in [1.82, 2.24) is 4.98 Å². The smallest absolute Gasteiger partial charge is 0.0499 e. The quantitative estimate of drug-likeness (QED) is 0.719. The van der Waals surface area contributed by atoms with E-state index in [-0.39, 0.29) is 0 Å². The second-order valence-electron chi connectivity index (χ2n) is 3.38. The van der Waals surface area contributed by atoms with Crippen LogP contribution in [0.25, 0.3) is 11.1 Å². The molecule has 1 aromatic heterocycles. The second kappa shape index (κ2) is 4.21. The number of aromatic nitrogens is 1. The largest absolute Gasteiger partial charge is 0.264 e. The summed E-state index contributed by atoms with van der Waals surface area (Å²) in [6.07, 6.45) is 3.61. The zero-order valence-corrected chi connectivity index (χ0v) is 9.68. The van der Waals surface area contributed by atoms with Crippen LogP contribution in [0.1, 0.15) is 5.56 Å². The number of rotatable bonds is 1. The Morgan fingerprint density at radius 2 is 1.87 bits per heavy atom. The van der Waals surface area contributed by atoms with Crippen molar-refractivity contribution in [2.45, 2.75) is 6.92 Å². The summed E-state index contributed by atoms with van der Waals surface area (Å²) >= 11 is 11.9. The lowest BCUT2D eigenvalue weighted by molar-refractivity contribution is 1.27. The summed E-state index contributed by atoms with van der Waals surface area (Å²) in [5, 5.41) is 1.29. The van der Waals surface area contributed by atoms with Gasteiger partial charge in [-0.3, -0.25) is 4.98 Å². The van der Waals surface area contributed by atoms with Gasteiger partial charge in [-0.1, -0.05) is 29.3 Å². The van der Waals surface area contributed by atoms with Gasteiger partial charge in [0.1, 0.15) is 0 Å². The van der Waals surface area contributed by atoms with Crippen molar-refractivity contribution in [3.8, 4) is 11.1 Å². The van der Waals surface area contributed by atoms with Crippen LogP contribution in [0.3, 0.4) is 0 Å². The molecule has 3 heteroatoms. The van der Waals surface area contributed by atoms with Gasteiger partial charge in [-0.05, 0) is 30.7 Å². The third-order valence-corrected chi connectivity index (χ3v) is 2.66. The van der Waals surface area contributed by atoms with E-state index in [0.29, 0.717) is 10.0 Å². The Balaban J connectivity index is 2.54. The molecule has 0 aliphatic rings. The van der Waals surface area contributed by atoms with Gasteiger partial charge in [0.15, 0.2) is 0 Å². The lowest BCUT2D eigenvalue weighted by Gasteiger charge is -2.05. The molecule has 15 heavy (non-hydrogen) atoms. The number of benzene rings is 1. The number of hydrogen-bond donors (Lipinski definition) is 0. The van der Waals surface area contributed by atoms with Crippen LogP contribution in [0.4, 0.5) is 0 Å². The van der Waals surface area contributed by atoms with E-state index >= 15 is 0 Å². The van der Waals surface area contributed by atoms with Gasteiger partial charge in [-0.15, -0.1) is 0 Å². The Morgan fingerprint density at radius 1 is 1.07 bits per heavy atom. The van der Waals surface area contributed by atoms with Crippen LogP contribution in [0, 0.1) is 6.92 Å². The first-order valence-corrected chi connectivity index (χ1v) is 5.29. The van der Waals surface area contributed by atoms with E-state index in [2.05, 4.69) is 4.98 Å². The van der Waals surface area contributed by atoms with Gasteiger partial charge in [0.2, 0.25) is 0 Å². The van der Waals surface area contributed by atoms with Gasteiger partial charge in [0.05, 0.1) is 0 Å². The molecule has 0 bridgehead atoms. The third-order valence-electron chi connectivity index (χ3n) is 2.12. The molecule has 0 spiro atoms. The molecule has 2 rings (SSSR count). The average Bonchev–Trinajstić information content (AvgIpc) is 2.17. The highest BCUT2D eigenvalue weighted by Crippen LogP contribution is 2.29. The Bertz CT molecular complexity index is 495. The maximum absolute atomic E-state index is 6.10. The lowest BCUT2D eigenvalue weighted by atomic mass is 10.1. The maximum atomic E-state index is 6.10. The predicted octanol–water partition coefficient (Wildman–Crippen LogP) is 4.36. The molecule has 0 fully saturated rings. The molecule has 0 saturated carbocycles. The highest BCUT2D eigenvalue weighted by Gasteiger charge is 2.04. The molecule has 0 aliphatic carbocycles. The Kier molecular flexibility index (Phi) is 2.94. The van der Waals surface area contributed by atoms with Gasteiger partial charge in [0, 0.05) is 33.6 Å². The molecule has 0 radical (unpaired) electrons. The number of pyridine rings is 1. The van der Waals surface area contributed by atoms with Gasteiger partial charge < -0.3 is 0 Å². The first-order chi connectivity index (χ1) is 7.16. The molecular weight excluding hydrogens is 229 g/mol. The summed E-state index contributed by atoms with van der Waals surface area (Å²) in [5.41, 5.74) is 3.08. The van der Waals surface area contributed by atoms with Crippen molar-refractivity contribution in [3.05, 3.63) is 52.3 Å². The second-order valence-corrected chi connectivity index (χ2v) is 4.22. The number of aryl methyl sites for hydroxylation is 1. The lowest BCUT2D eigenvalue weighted by Crippen LogP contribution is -1.83. The summed E-state index contributed by atoms with van der Waals surface area (Å²) in [5.74, 6) is 0. The van der Waals surface area contributed by atoms with E-state index < -0.39 is 0 Å². The minimum Gasteiger partial charge on any atom is -0.264 e. The maximum Gasteiger partial charge on any atom is 0.0499 e. The van der Waals surface area contributed by atoms with E-state index in [1.165, 1.54) is 0 Å². The molecule has 76 valence electrons. The van der Waals surface area contributed by atoms with Gasteiger partial charge >= 0.3 is 0 Å². The minimum absolute atomic E-state index is 0.643. The first kappa shape index (κ1) is 10.5. The highest BCUT2D eigenvalue weighted by atomic mass is 35.5. The zero-order chi connectivity index (χ0) is 10.8. The van der Waals surface area contributed by atoms with Crippen molar-refractivity contribution < 1.29 is 0 Å². The Labute approximate surface area is 98.7 Å². The molecular formula is C12H9Cl2N. The van der Waals surface area contributed by atoms with Gasteiger partial charge in [-0.2, -0.15) is 0 Å². The molecule has 1 heterocycles. The van der Waals surface area contributed by atoms with Crippen LogP contribution in [-0.4, -0.2) is 4.98 Å². The normalized spacial score (nSPS) is 10.3. The standard InChI is InChI=1S/C12H9Cl2N/c1-8-4-9(7-15-6-8)11-3-2-10(13)5-12(11)14/h2-7H,1H3. The monoisotopic (exact) mass is 237 g/mol. The molecule has 1 aromatic carbocycles. The first-order valence-electron chi connectivity index (χ1n) is 4.54. The molecule has 0 N–H and O–H groups in total. The predicted molar refractivity (Wildman–Crippen MR) is 64.4 cm³/mol. The number of nitrogens with zero attached hydrogens (tertiary/aromatic N) is 1. The third kappa shape index (κ3) is 2.31. The molecule has 0 aliphatic heterocycles. The summed E-state index contributed by atoms with van der Waals surface area (Å²) < 4.78 is 0. The van der Waals surface area contributed by atoms with E-state index in [9.17, 15) is 0 Å². The fourth-order valence-electron chi connectivity index (χ4n) is 1.43. The summed E-state index contributed by atoms with van der Waals surface area (Å²) in [6, 6.07) is 7.51. The topological polar surface area (TPSA) is 12.9 Å². The van der Waals surface area contributed by atoms with E-state index in [1.54, 1.807) is 12.3 Å². The Hall–Kier alpha value is -1.05. The van der Waals surface area contributed by atoms with Crippen LogP contribution in [0.2, 0.25) is 10.0 Å². The van der Waals surface area contributed by atoms with Crippen molar-refractivity contribution in [1.29, 1.82) is 0 Å². The molecule has 1 nitrogen and oxygen atoms in total. The van der Waals surface area contributed by atoms with Crippen molar-refractivity contribution in [2.24, 2.45) is 0 Å². The zero-order valence-electron chi connectivity index (χ0n) is 8.17. The van der Waals surface area contributed by atoms with Gasteiger partial charge in [0.25, 0.3) is 0 Å². The minimum atomic E-state index is 0.643. The van der Waals surface area contributed by atoms with E-state index in [0.717, 1.165) is 16.7 Å². The Morgan fingerprint density at radius 3 is 2.53 bits per heavy atom. The number of halogens is 2.